The minimum Gasteiger partial charge on any atom is -0.356 e. The van der Waals surface area contributed by atoms with E-state index in [1.807, 2.05) is 6.92 Å². The van der Waals surface area contributed by atoms with Gasteiger partial charge in [-0.2, -0.15) is 8.42 Å². The summed E-state index contributed by atoms with van der Waals surface area (Å²) in [6.07, 6.45) is 7.97. The number of hydrogen-bond acceptors (Lipinski definition) is 3. The van der Waals surface area contributed by atoms with Crippen LogP contribution in [0.25, 0.3) is 0 Å². The lowest BCUT2D eigenvalue weighted by molar-refractivity contribution is -0.870. The smallest absolute Gasteiger partial charge is 0.267 e. The Kier molecular flexibility index (Phi) is 12.3. The molecule has 0 heterocycles. The highest BCUT2D eigenvalue weighted by atomic mass is 32.2. The van der Waals surface area contributed by atoms with E-state index in [9.17, 15) is 17.8 Å². The molecule has 0 rings (SSSR count). The summed E-state index contributed by atoms with van der Waals surface area (Å²) < 4.78 is 32.6. The van der Waals surface area contributed by atoms with Gasteiger partial charge in [-0.25, -0.2) is 0 Å². The molecule has 25 heavy (non-hydrogen) atoms. The molecule has 0 aliphatic heterocycles. The van der Waals surface area contributed by atoms with E-state index in [1.54, 1.807) is 0 Å². The molecule has 6 nitrogen and oxygen atoms in total. The first kappa shape index (κ1) is 24.3. The number of unbranched alkanes of at least 4 members (excludes halogenated alkanes) is 4. The lowest BCUT2D eigenvalue weighted by Gasteiger charge is -2.23. The van der Waals surface area contributed by atoms with Gasteiger partial charge in [-0.15, -0.1) is 0 Å². The van der Waals surface area contributed by atoms with E-state index in [4.69, 9.17) is 0 Å². The van der Waals surface area contributed by atoms with Gasteiger partial charge in [-0.1, -0.05) is 39.0 Å². The van der Waals surface area contributed by atoms with Crippen molar-refractivity contribution in [1.82, 2.24) is 5.32 Å². The van der Waals surface area contributed by atoms with Gasteiger partial charge in [-0.05, 0) is 19.3 Å². The molecule has 7 heteroatoms. The van der Waals surface area contributed by atoms with Crippen LogP contribution in [0.3, 0.4) is 0 Å². The van der Waals surface area contributed by atoms with Gasteiger partial charge in [0.25, 0.3) is 10.1 Å². The number of nitrogens with one attached hydrogen (secondary N) is 1. The van der Waals surface area contributed by atoms with Crippen LogP contribution in [0.4, 0.5) is 0 Å². The molecule has 0 saturated heterocycles. The molecule has 2 N–H and O–H groups in total. The number of carbonyl (C=O) groups excluding carboxylic acids is 1. The van der Waals surface area contributed by atoms with Crippen LogP contribution in [0.1, 0.15) is 71.1 Å². The molecule has 0 aliphatic rings. The van der Waals surface area contributed by atoms with Crippen LogP contribution < -0.4 is 5.32 Å². The molecule has 1 unspecified atom stereocenters. The summed E-state index contributed by atoms with van der Waals surface area (Å²) >= 11 is 0. The van der Waals surface area contributed by atoms with Crippen LogP contribution in [0, 0.1) is 0 Å². The van der Waals surface area contributed by atoms with E-state index < -0.39 is 15.4 Å². The van der Waals surface area contributed by atoms with Crippen LogP contribution in [0.2, 0.25) is 0 Å². The predicted octanol–water partition coefficient (Wildman–Crippen LogP) is 2.99. The zero-order valence-corrected chi connectivity index (χ0v) is 17.4. The molecule has 0 fully saturated rings. The Morgan fingerprint density at radius 2 is 1.60 bits per heavy atom. The van der Waals surface area contributed by atoms with Crippen molar-refractivity contribution >= 4 is 16.0 Å². The summed E-state index contributed by atoms with van der Waals surface area (Å²) in [7, 11) is 2.51. The lowest BCUT2D eigenvalue weighted by atomic mass is 10.1. The second-order valence-corrected chi connectivity index (χ2v) is 9.65. The summed E-state index contributed by atoms with van der Waals surface area (Å²) in [6.45, 7) is 3.71. The number of carbonyl (C=O) groups is 1. The van der Waals surface area contributed by atoms with Crippen molar-refractivity contribution in [2.45, 2.75) is 76.4 Å². The third-order valence-electron chi connectivity index (χ3n) is 4.29. The van der Waals surface area contributed by atoms with Crippen molar-refractivity contribution in [3.8, 4) is 0 Å². The van der Waals surface area contributed by atoms with Gasteiger partial charge in [0.2, 0.25) is 5.91 Å². The van der Waals surface area contributed by atoms with Gasteiger partial charge in [0.1, 0.15) is 0 Å². The first-order valence-electron chi connectivity index (χ1n) is 9.59. The fourth-order valence-electron chi connectivity index (χ4n) is 2.82. The largest absolute Gasteiger partial charge is 0.356 e. The van der Waals surface area contributed by atoms with Crippen LogP contribution in [0.15, 0.2) is 0 Å². The fourth-order valence-corrected chi connectivity index (χ4v) is 3.82. The van der Waals surface area contributed by atoms with Gasteiger partial charge in [0.15, 0.2) is 0 Å². The summed E-state index contributed by atoms with van der Waals surface area (Å²) in [5, 5.41) is 2.34. The van der Waals surface area contributed by atoms with Crippen molar-refractivity contribution in [2.75, 3.05) is 34.2 Å². The molecule has 0 aliphatic carbocycles. The number of nitrogens with zero attached hydrogens (tertiary/aromatic N) is 1. The molecule has 0 aromatic rings. The molecule has 1 amide bonds. The Balaban J connectivity index is 3.61. The first-order chi connectivity index (χ1) is 11.6. The number of rotatable bonds is 15. The Labute approximate surface area is 154 Å². The number of amides is 1. The maximum absolute atomic E-state index is 11.7. The quantitative estimate of drug-likeness (QED) is 0.260. The molecule has 0 spiro atoms. The Bertz CT molecular complexity index is 458. The maximum atomic E-state index is 11.7. The van der Waals surface area contributed by atoms with E-state index in [0.717, 1.165) is 62.5 Å². The zero-order valence-electron chi connectivity index (χ0n) is 16.6. The van der Waals surface area contributed by atoms with Crippen LogP contribution in [-0.4, -0.2) is 62.8 Å². The molecule has 0 bridgehead atoms. The number of quaternary nitrogens is 1. The lowest BCUT2D eigenvalue weighted by Crippen LogP contribution is -2.37. The van der Waals surface area contributed by atoms with Crippen molar-refractivity contribution in [1.29, 1.82) is 0 Å². The van der Waals surface area contributed by atoms with Crippen LogP contribution in [-0.2, 0) is 14.9 Å². The van der Waals surface area contributed by atoms with Gasteiger partial charge in [-0.3, -0.25) is 9.35 Å². The monoisotopic (exact) mass is 379 g/mol. The summed E-state index contributed by atoms with van der Waals surface area (Å²) in [6, 6.07) is 0. The molecule has 1 atom stereocenters. The standard InChI is InChI=1S/C18H38N2O4S/c1-5-12-17(25(22,23)24)13-9-7-6-8-10-14-18(21)19-15-11-16-20(2,3)4/h17H,5-16H2,1-4H3,(H-,19,21,22,23,24)/p+1. The first-order valence-corrected chi connectivity index (χ1v) is 11.1. The van der Waals surface area contributed by atoms with Gasteiger partial charge >= 0.3 is 0 Å². The van der Waals surface area contributed by atoms with Gasteiger partial charge in [0, 0.05) is 19.4 Å². The van der Waals surface area contributed by atoms with E-state index in [-0.39, 0.29) is 5.91 Å². The average molecular weight is 380 g/mol. The Hall–Kier alpha value is -0.660. The second kappa shape index (κ2) is 12.7. The topological polar surface area (TPSA) is 83.5 Å². The van der Waals surface area contributed by atoms with Gasteiger partial charge in [0.05, 0.1) is 32.9 Å². The zero-order chi connectivity index (χ0) is 19.3. The molecular weight excluding hydrogens is 340 g/mol. The third kappa shape index (κ3) is 15.3. The van der Waals surface area contributed by atoms with E-state index in [2.05, 4.69) is 26.5 Å². The highest BCUT2D eigenvalue weighted by Gasteiger charge is 2.21. The molecule has 0 aromatic heterocycles. The van der Waals surface area contributed by atoms with E-state index in [0.29, 0.717) is 19.3 Å². The van der Waals surface area contributed by atoms with Crippen molar-refractivity contribution in [3.05, 3.63) is 0 Å². The second-order valence-electron chi connectivity index (χ2n) is 7.95. The fraction of sp³-hybridized carbons (Fsp3) is 0.944. The molecule has 0 radical (unpaired) electrons. The molecular formula is C18H39N2O4S+. The van der Waals surface area contributed by atoms with Crippen LogP contribution >= 0.6 is 0 Å². The van der Waals surface area contributed by atoms with Crippen molar-refractivity contribution < 1.29 is 22.2 Å². The molecule has 150 valence electrons. The minimum atomic E-state index is -3.91. The minimum absolute atomic E-state index is 0.121. The maximum Gasteiger partial charge on any atom is 0.267 e. The molecule has 0 saturated carbocycles. The summed E-state index contributed by atoms with van der Waals surface area (Å²) in [5.41, 5.74) is 0. The average Bonchev–Trinajstić information content (AvgIpc) is 2.47. The Morgan fingerprint density at radius 1 is 1.00 bits per heavy atom. The van der Waals surface area contributed by atoms with Crippen molar-refractivity contribution in [2.24, 2.45) is 0 Å². The third-order valence-corrected chi connectivity index (χ3v) is 5.60. The van der Waals surface area contributed by atoms with Crippen LogP contribution in [0.5, 0.6) is 0 Å². The number of hydrogen-bond donors (Lipinski definition) is 2. The van der Waals surface area contributed by atoms with Crippen molar-refractivity contribution in [3.63, 3.8) is 0 Å². The van der Waals surface area contributed by atoms with Gasteiger partial charge < -0.3 is 9.80 Å². The normalized spacial score (nSPS) is 13.6. The Morgan fingerprint density at radius 3 is 2.16 bits per heavy atom. The molecule has 0 aromatic carbocycles. The van der Waals surface area contributed by atoms with E-state index >= 15 is 0 Å². The van der Waals surface area contributed by atoms with E-state index in [1.165, 1.54) is 0 Å². The highest BCUT2D eigenvalue weighted by Crippen LogP contribution is 2.16. The highest BCUT2D eigenvalue weighted by molar-refractivity contribution is 7.86. The summed E-state index contributed by atoms with van der Waals surface area (Å²) in [5.74, 6) is 0.121. The predicted molar refractivity (Wildman–Crippen MR) is 103 cm³/mol. The summed E-state index contributed by atoms with van der Waals surface area (Å²) in [4.78, 5) is 11.7. The SMILES string of the molecule is CCCC(CCCCCCCC(=O)NCCC[N+](C)(C)C)S(=O)(=O)O.